The van der Waals surface area contributed by atoms with Crippen LogP contribution in [0.5, 0.6) is 17.2 Å². The summed E-state index contributed by atoms with van der Waals surface area (Å²) in [6, 6.07) is 19.4. The molecule has 0 N–H and O–H groups in total. The van der Waals surface area contributed by atoms with Crippen molar-refractivity contribution < 1.29 is 27.4 Å². The van der Waals surface area contributed by atoms with Crippen LogP contribution in [0.2, 0.25) is 0 Å². The van der Waals surface area contributed by atoms with Crippen molar-refractivity contribution in [2.24, 2.45) is 0 Å². The minimum Gasteiger partial charge on any atom is -0.495 e. The van der Waals surface area contributed by atoms with Crippen molar-refractivity contribution in [3.8, 4) is 17.2 Å². The molecule has 0 radical (unpaired) electrons. The molecule has 2 aliphatic heterocycles. The van der Waals surface area contributed by atoms with E-state index in [0.29, 0.717) is 37.6 Å². The summed E-state index contributed by atoms with van der Waals surface area (Å²) in [5, 5.41) is 0. The first-order valence-corrected chi connectivity index (χ1v) is 13.9. The average Bonchev–Trinajstić information content (AvgIpc) is 3.40. The average molecular weight is 538 g/mol. The second-order valence-electron chi connectivity index (χ2n) is 9.34. The summed E-state index contributed by atoms with van der Waals surface area (Å²) in [4.78, 5) is 17.6. The Hall–Kier alpha value is -3.76. The van der Waals surface area contributed by atoms with Crippen molar-refractivity contribution in [1.82, 2.24) is 9.80 Å². The molecular formula is C28H31N3O6S. The van der Waals surface area contributed by atoms with E-state index >= 15 is 0 Å². The number of rotatable bonds is 8. The van der Waals surface area contributed by atoms with Crippen LogP contribution >= 0.6 is 0 Å². The molecule has 1 saturated heterocycles. The lowest BCUT2D eigenvalue weighted by Gasteiger charge is -2.36. The van der Waals surface area contributed by atoms with E-state index in [0.717, 1.165) is 33.5 Å². The normalized spacial score (nSPS) is 15.4. The second kappa shape index (κ2) is 10.9. The third-order valence-electron chi connectivity index (χ3n) is 6.78. The van der Waals surface area contributed by atoms with Crippen molar-refractivity contribution in [2.75, 3.05) is 50.9 Å². The molecule has 0 aliphatic carbocycles. The molecule has 10 heteroatoms. The number of carbonyl (C=O) groups is 1. The first-order valence-electron chi connectivity index (χ1n) is 12.5. The number of anilines is 1. The van der Waals surface area contributed by atoms with E-state index in [1.54, 1.807) is 35.2 Å². The SMILES string of the molecule is COc1ccc(C)cc1N(CC(=O)N1CCN(Cc2ccc3c(c2)OCO3)CC1)S(=O)(=O)c1ccccc1. The quantitative estimate of drug-likeness (QED) is 0.436. The highest BCUT2D eigenvalue weighted by molar-refractivity contribution is 7.92. The number of benzene rings is 3. The molecule has 3 aromatic carbocycles. The number of sulfonamides is 1. The molecule has 1 fully saturated rings. The topological polar surface area (TPSA) is 88.6 Å². The Labute approximate surface area is 223 Å². The van der Waals surface area contributed by atoms with Crippen LogP contribution in [-0.2, 0) is 21.4 Å². The molecule has 0 aromatic heterocycles. The number of hydrogen-bond donors (Lipinski definition) is 0. The number of nitrogens with zero attached hydrogens (tertiary/aromatic N) is 3. The fraction of sp³-hybridized carbons (Fsp3) is 0.321. The number of hydrogen-bond acceptors (Lipinski definition) is 7. The highest BCUT2D eigenvalue weighted by atomic mass is 32.2. The van der Waals surface area contributed by atoms with Crippen molar-refractivity contribution in [1.29, 1.82) is 0 Å². The summed E-state index contributed by atoms with van der Waals surface area (Å²) in [6.07, 6.45) is 0. The van der Waals surface area contributed by atoms with Crippen LogP contribution in [0.25, 0.3) is 0 Å². The van der Waals surface area contributed by atoms with E-state index < -0.39 is 10.0 Å². The van der Waals surface area contributed by atoms with Gasteiger partial charge in [-0.15, -0.1) is 0 Å². The minimum absolute atomic E-state index is 0.116. The lowest BCUT2D eigenvalue weighted by molar-refractivity contribution is -0.131. The Morgan fingerprint density at radius 2 is 1.68 bits per heavy atom. The van der Waals surface area contributed by atoms with Gasteiger partial charge < -0.3 is 19.1 Å². The maximum Gasteiger partial charge on any atom is 0.264 e. The summed E-state index contributed by atoms with van der Waals surface area (Å²) < 4.78 is 45.0. The fourth-order valence-electron chi connectivity index (χ4n) is 4.69. The Morgan fingerprint density at radius 3 is 2.42 bits per heavy atom. The van der Waals surface area contributed by atoms with Crippen LogP contribution in [0.1, 0.15) is 11.1 Å². The van der Waals surface area contributed by atoms with Crippen LogP contribution in [0.3, 0.4) is 0 Å². The van der Waals surface area contributed by atoms with Crippen LogP contribution in [0, 0.1) is 6.92 Å². The Balaban J connectivity index is 1.31. The molecular weight excluding hydrogens is 506 g/mol. The molecule has 2 heterocycles. The van der Waals surface area contributed by atoms with Gasteiger partial charge in [0.05, 0.1) is 17.7 Å². The Morgan fingerprint density at radius 1 is 0.947 bits per heavy atom. The molecule has 0 spiro atoms. The minimum atomic E-state index is -4.02. The third-order valence-corrected chi connectivity index (χ3v) is 8.56. The Kier molecular flexibility index (Phi) is 7.44. The van der Waals surface area contributed by atoms with E-state index in [4.69, 9.17) is 14.2 Å². The van der Waals surface area contributed by atoms with Gasteiger partial charge in [0.2, 0.25) is 12.7 Å². The molecule has 0 bridgehead atoms. The molecule has 38 heavy (non-hydrogen) atoms. The smallest absolute Gasteiger partial charge is 0.264 e. The van der Waals surface area contributed by atoms with E-state index in [1.165, 1.54) is 19.2 Å². The van der Waals surface area contributed by atoms with Gasteiger partial charge in [-0.05, 0) is 54.4 Å². The van der Waals surface area contributed by atoms with Gasteiger partial charge in [0.1, 0.15) is 12.3 Å². The maximum absolute atomic E-state index is 13.7. The lowest BCUT2D eigenvalue weighted by Crippen LogP contribution is -2.51. The molecule has 0 atom stereocenters. The van der Waals surface area contributed by atoms with Gasteiger partial charge in [-0.2, -0.15) is 0 Å². The summed E-state index contributed by atoms with van der Waals surface area (Å²) in [5.41, 5.74) is 2.31. The number of fused-ring (bicyclic) bond motifs is 1. The van der Waals surface area contributed by atoms with Gasteiger partial charge in [-0.1, -0.05) is 30.3 Å². The fourth-order valence-corrected chi connectivity index (χ4v) is 6.13. The summed E-state index contributed by atoms with van der Waals surface area (Å²) in [7, 11) is -2.53. The Bertz CT molecular complexity index is 1410. The van der Waals surface area contributed by atoms with Gasteiger partial charge in [-0.25, -0.2) is 8.42 Å². The van der Waals surface area contributed by atoms with Crippen LogP contribution in [0.4, 0.5) is 5.69 Å². The zero-order valence-corrected chi connectivity index (χ0v) is 22.3. The van der Waals surface area contributed by atoms with Crippen LogP contribution in [-0.4, -0.2) is 70.8 Å². The van der Waals surface area contributed by atoms with E-state index in [1.807, 2.05) is 31.2 Å². The molecule has 0 saturated carbocycles. The van der Waals surface area contributed by atoms with Gasteiger partial charge in [0.25, 0.3) is 10.0 Å². The van der Waals surface area contributed by atoms with Gasteiger partial charge in [0, 0.05) is 32.7 Å². The van der Waals surface area contributed by atoms with Crippen molar-refractivity contribution in [2.45, 2.75) is 18.4 Å². The highest BCUT2D eigenvalue weighted by Crippen LogP contribution is 2.34. The molecule has 2 aliphatic rings. The second-order valence-corrected chi connectivity index (χ2v) is 11.2. The number of carbonyl (C=O) groups excluding carboxylic acids is 1. The number of ether oxygens (including phenoxy) is 3. The highest BCUT2D eigenvalue weighted by Gasteiger charge is 2.32. The summed E-state index contributed by atoms with van der Waals surface area (Å²) in [5.74, 6) is 1.64. The van der Waals surface area contributed by atoms with Gasteiger partial charge in [0.15, 0.2) is 11.5 Å². The number of amides is 1. The maximum atomic E-state index is 13.7. The summed E-state index contributed by atoms with van der Waals surface area (Å²) >= 11 is 0. The predicted molar refractivity (Wildman–Crippen MR) is 143 cm³/mol. The van der Waals surface area contributed by atoms with E-state index in [2.05, 4.69) is 4.90 Å². The van der Waals surface area contributed by atoms with Crippen molar-refractivity contribution in [3.05, 3.63) is 77.9 Å². The third kappa shape index (κ3) is 5.41. The molecule has 200 valence electrons. The van der Waals surface area contributed by atoms with E-state index in [9.17, 15) is 13.2 Å². The van der Waals surface area contributed by atoms with Crippen LogP contribution in [0.15, 0.2) is 71.6 Å². The predicted octanol–water partition coefficient (Wildman–Crippen LogP) is 3.27. The molecule has 3 aromatic rings. The number of piperazine rings is 1. The standard InChI is InChI=1S/C28H31N3O6S/c1-21-8-10-25(35-2)24(16-21)31(38(33,34)23-6-4-3-5-7-23)19-28(32)30-14-12-29(13-15-30)18-22-9-11-26-27(17-22)37-20-36-26/h3-11,16-17H,12-15,18-20H2,1-2H3. The molecule has 1 amide bonds. The zero-order chi connectivity index (χ0) is 26.7. The molecule has 5 rings (SSSR count). The largest absolute Gasteiger partial charge is 0.495 e. The van der Waals surface area contributed by atoms with Gasteiger partial charge >= 0.3 is 0 Å². The molecule has 9 nitrogen and oxygen atoms in total. The number of aryl methyl sites for hydroxylation is 1. The monoisotopic (exact) mass is 537 g/mol. The summed E-state index contributed by atoms with van der Waals surface area (Å²) in [6.45, 7) is 4.90. The first-order chi connectivity index (χ1) is 18.3. The van der Waals surface area contributed by atoms with E-state index in [-0.39, 0.29) is 24.1 Å². The first kappa shape index (κ1) is 25.9. The lowest BCUT2D eigenvalue weighted by atomic mass is 10.1. The molecule has 0 unspecified atom stereocenters. The zero-order valence-electron chi connectivity index (χ0n) is 21.5. The van der Waals surface area contributed by atoms with Crippen molar-refractivity contribution in [3.63, 3.8) is 0 Å². The van der Waals surface area contributed by atoms with Crippen LogP contribution < -0.4 is 18.5 Å². The number of methoxy groups -OCH3 is 1. The van der Waals surface area contributed by atoms with Gasteiger partial charge in [-0.3, -0.25) is 14.0 Å². The van der Waals surface area contributed by atoms with Crippen molar-refractivity contribution >= 4 is 21.6 Å².